The van der Waals surface area contributed by atoms with Crippen LogP contribution in [0.1, 0.15) is 12.0 Å². The van der Waals surface area contributed by atoms with Crippen molar-refractivity contribution < 1.29 is 23.7 Å². The lowest BCUT2D eigenvalue weighted by Crippen LogP contribution is -2.10. The predicted octanol–water partition coefficient (Wildman–Crippen LogP) is 4.67. The first-order chi connectivity index (χ1) is 12.0. The number of methoxy groups -OCH3 is 3. The van der Waals surface area contributed by atoms with Gasteiger partial charge in [0.15, 0.2) is 11.5 Å². The maximum Gasteiger partial charge on any atom is 0.311 e. The maximum absolute atomic E-state index is 12.1. The van der Waals surface area contributed by atoms with Crippen molar-refractivity contribution in [3.63, 3.8) is 0 Å². The largest absolute Gasteiger partial charge is 0.493 e. The fourth-order valence-electron chi connectivity index (χ4n) is 2.33. The summed E-state index contributed by atoms with van der Waals surface area (Å²) >= 11 is 9.36. The smallest absolute Gasteiger partial charge is 0.311 e. The summed E-state index contributed by atoms with van der Waals surface area (Å²) in [5.41, 5.74) is 0.819. The van der Waals surface area contributed by atoms with Crippen molar-refractivity contribution in [3.05, 3.63) is 45.4 Å². The van der Waals surface area contributed by atoms with E-state index in [1.54, 1.807) is 38.5 Å². The molecule has 0 aliphatic rings. The molecule has 0 saturated carbocycles. The number of aryl methyl sites for hydroxylation is 1. The average molecular weight is 430 g/mol. The molecule has 0 fully saturated rings. The molecule has 2 aromatic carbocycles. The fraction of sp³-hybridized carbons (Fsp3) is 0.278. The molecule has 134 valence electrons. The van der Waals surface area contributed by atoms with Crippen LogP contribution in [0.2, 0.25) is 5.02 Å². The number of ether oxygens (including phenoxy) is 4. The number of rotatable bonds is 7. The molecule has 0 N–H and O–H groups in total. The lowest BCUT2D eigenvalue weighted by atomic mass is 10.1. The second kappa shape index (κ2) is 8.97. The molecule has 0 aliphatic heterocycles. The molecule has 25 heavy (non-hydrogen) atoms. The van der Waals surface area contributed by atoms with E-state index in [9.17, 15) is 4.79 Å². The zero-order valence-electron chi connectivity index (χ0n) is 14.1. The number of halogens is 2. The van der Waals surface area contributed by atoms with Crippen molar-refractivity contribution in [3.8, 4) is 23.0 Å². The molecule has 0 saturated heterocycles. The third-order valence-corrected chi connectivity index (χ3v) is 4.29. The van der Waals surface area contributed by atoms with Gasteiger partial charge in [0.05, 0.1) is 32.8 Å². The Morgan fingerprint density at radius 3 is 2.28 bits per heavy atom. The van der Waals surface area contributed by atoms with Gasteiger partial charge in [-0.15, -0.1) is 0 Å². The Kier molecular flexibility index (Phi) is 6.96. The summed E-state index contributed by atoms with van der Waals surface area (Å²) in [4.78, 5) is 12.1. The first kappa shape index (κ1) is 19.4. The summed E-state index contributed by atoms with van der Waals surface area (Å²) < 4.78 is 22.1. The Labute approximate surface area is 159 Å². The van der Waals surface area contributed by atoms with Crippen LogP contribution in [0.5, 0.6) is 23.0 Å². The second-order valence-corrected chi connectivity index (χ2v) is 6.37. The minimum atomic E-state index is -0.388. The van der Waals surface area contributed by atoms with Gasteiger partial charge in [-0.1, -0.05) is 33.6 Å². The molecule has 0 atom stereocenters. The summed E-state index contributed by atoms with van der Waals surface area (Å²) in [6, 6.07) is 8.67. The minimum Gasteiger partial charge on any atom is -0.493 e. The quantitative estimate of drug-likeness (QED) is 0.473. The van der Waals surface area contributed by atoms with Gasteiger partial charge in [0, 0.05) is 4.47 Å². The number of carbonyl (C=O) groups excluding carboxylic acids is 1. The summed E-state index contributed by atoms with van der Waals surface area (Å²) in [7, 11) is 4.63. The SMILES string of the molecule is COc1ccc(CCC(=O)Oc2ccc(Br)cc2Cl)c(OC)c1OC. The fourth-order valence-corrected chi connectivity index (χ4v) is 3.04. The van der Waals surface area contributed by atoms with E-state index in [-0.39, 0.29) is 12.4 Å². The first-order valence-corrected chi connectivity index (χ1v) is 8.60. The van der Waals surface area contributed by atoms with E-state index < -0.39 is 0 Å². The Balaban J connectivity index is 2.09. The third kappa shape index (κ3) is 4.80. The van der Waals surface area contributed by atoms with E-state index >= 15 is 0 Å². The molecule has 0 heterocycles. The van der Waals surface area contributed by atoms with Crippen LogP contribution in [0, 0.1) is 0 Å². The maximum atomic E-state index is 12.1. The molecule has 0 amide bonds. The van der Waals surface area contributed by atoms with Crippen molar-refractivity contribution in [2.75, 3.05) is 21.3 Å². The van der Waals surface area contributed by atoms with Crippen LogP contribution in [0.25, 0.3) is 0 Å². The van der Waals surface area contributed by atoms with E-state index in [2.05, 4.69) is 15.9 Å². The molecule has 5 nitrogen and oxygen atoms in total. The van der Waals surface area contributed by atoms with Crippen LogP contribution in [0.15, 0.2) is 34.8 Å². The van der Waals surface area contributed by atoms with Crippen molar-refractivity contribution in [2.24, 2.45) is 0 Å². The van der Waals surface area contributed by atoms with Gasteiger partial charge in [-0.3, -0.25) is 4.79 Å². The van der Waals surface area contributed by atoms with Crippen LogP contribution < -0.4 is 18.9 Å². The Bertz CT molecular complexity index is 763. The predicted molar refractivity (Wildman–Crippen MR) is 99.2 cm³/mol. The minimum absolute atomic E-state index is 0.165. The lowest BCUT2D eigenvalue weighted by Gasteiger charge is -2.15. The number of hydrogen-bond acceptors (Lipinski definition) is 5. The molecule has 0 bridgehead atoms. The van der Waals surface area contributed by atoms with Crippen molar-refractivity contribution >= 4 is 33.5 Å². The van der Waals surface area contributed by atoms with Gasteiger partial charge in [0.2, 0.25) is 5.75 Å². The highest BCUT2D eigenvalue weighted by molar-refractivity contribution is 9.10. The van der Waals surface area contributed by atoms with Crippen LogP contribution in [-0.2, 0) is 11.2 Å². The van der Waals surface area contributed by atoms with E-state index in [0.717, 1.165) is 10.0 Å². The second-order valence-electron chi connectivity index (χ2n) is 5.04. The number of carbonyl (C=O) groups is 1. The monoisotopic (exact) mass is 428 g/mol. The van der Waals surface area contributed by atoms with Gasteiger partial charge in [-0.2, -0.15) is 0 Å². The Hall–Kier alpha value is -1.92. The molecular formula is C18H18BrClO5. The average Bonchev–Trinajstić information content (AvgIpc) is 2.61. The van der Waals surface area contributed by atoms with Gasteiger partial charge >= 0.3 is 5.97 Å². The number of hydrogen-bond donors (Lipinski definition) is 0. The first-order valence-electron chi connectivity index (χ1n) is 7.43. The van der Waals surface area contributed by atoms with Gasteiger partial charge in [-0.25, -0.2) is 0 Å². The van der Waals surface area contributed by atoms with Crippen LogP contribution in [-0.4, -0.2) is 27.3 Å². The molecule has 0 aromatic heterocycles. The summed E-state index contributed by atoms with van der Waals surface area (Å²) in [5, 5.41) is 0.367. The molecule has 0 aliphatic carbocycles. The van der Waals surface area contributed by atoms with Gasteiger partial charge in [-0.05, 0) is 36.2 Å². The van der Waals surface area contributed by atoms with Crippen molar-refractivity contribution in [2.45, 2.75) is 12.8 Å². The molecule has 0 spiro atoms. The summed E-state index contributed by atoms with van der Waals surface area (Å²) in [6.07, 6.45) is 0.592. The molecule has 2 rings (SSSR count). The van der Waals surface area contributed by atoms with Gasteiger partial charge in [0.1, 0.15) is 5.75 Å². The van der Waals surface area contributed by atoms with Gasteiger partial charge in [0.25, 0.3) is 0 Å². The Morgan fingerprint density at radius 2 is 1.68 bits per heavy atom. The van der Waals surface area contributed by atoms with Crippen molar-refractivity contribution in [1.29, 1.82) is 0 Å². The number of benzene rings is 2. The zero-order valence-corrected chi connectivity index (χ0v) is 16.4. The van der Waals surface area contributed by atoms with Crippen molar-refractivity contribution in [1.82, 2.24) is 0 Å². The van der Waals surface area contributed by atoms with E-state index in [4.69, 9.17) is 30.5 Å². The molecular weight excluding hydrogens is 412 g/mol. The third-order valence-electron chi connectivity index (χ3n) is 3.50. The van der Waals surface area contributed by atoms with Crippen LogP contribution >= 0.6 is 27.5 Å². The summed E-state index contributed by atoms with van der Waals surface area (Å²) in [5.74, 6) is 1.53. The van der Waals surface area contributed by atoms with Crippen LogP contribution in [0.4, 0.5) is 0 Å². The standard InChI is InChI=1S/C18H18BrClO5/c1-22-15-7-4-11(17(23-2)18(15)24-3)5-9-16(21)25-14-8-6-12(19)10-13(14)20/h4,6-8,10H,5,9H2,1-3H3. The highest BCUT2D eigenvalue weighted by Crippen LogP contribution is 2.40. The highest BCUT2D eigenvalue weighted by Gasteiger charge is 2.17. The number of esters is 1. The van der Waals surface area contributed by atoms with E-state index in [0.29, 0.717) is 34.4 Å². The van der Waals surface area contributed by atoms with Gasteiger partial charge < -0.3 is 18.9 Å². The highest BCUT2D eigenvalue weighted by atomic mass is 79.9. The van der Waals surface area contributed by atoms with E-state index in [1.165, 1.54) is 7.11 Å². The molecule has 0 radical (unpaired) electrons. The topological polar surface area (TPSA) is 54.0 Å². The van der Waals surface area contributed by atoms with Crippen LogP contribution in [0.3, 0.4) is 0 Å². The summed E-state index contributed by atoms with van der Waals surface area (Å²) in [6.45, 7) is 0. The zero-order chi connectivity index (χ0) is 18.4. The Morgan fingerprint density at radius 1 is 1.00 bits per heavy atom. The lowest BCUT2D eigenvalue weighted by molar-refractivity contribution is -0.134. The molecule has 2 aromatic rings. The normalized spacial score (nSPS) is 10.3. The van der Waals surface area contributed by atoms with E-state index in [1.807, 2.05) is 6.07 Å². The molecule has 0 unspecified atom stereocenters. The molecule has 7 heteroatoms.